The van der Waals surface area contributed by atoms with E-state index in [0.29, 0.717) is 31.2 Å². The van der Waals surface area contributed by atoms with Gasteiger partial charge in [0.2, 0.25) is 10.0 Å². The van der Waals surface area contributed by atoms with Crippen molar-refractivity contribution in [3.63, 3.8) is 0 Å². The zero-order valence-electron chi connectivity index (χ0n) is 15.9. The Morgan fingerprint density at radius 2 is 1.88 bits per heavy atom. The molecular weight excluding hydrogens is 356 g/mol. The maximum Gasteiger partial charge on any atom is 0.337 e. The van der Waals surface area contributed by atoms with Crippen LogP contribution >= 0.6 is 0 Å². The Morgan fingerprint density at radius 1 is 1.19 bits per heavy atom. The minimum Gasteiger partial charge on any atom is -0.478 e. The van der Waals surface area contributed by atoms with Crippen molar-refractivity contribution in [1.29, 1.82) is 0 Å². The minimum atomic E-state index is -3.76. The van der Waals surface area contributed by atoms with E-state index in [2.05, 4.69) is 23.9 Å². The molecule has 148 valence electrons. The van der Waals surface area contributed by atoms with E-state index in [1.807, 2.05) is 13.8 Å². The molecule has 0 spiro atoms. The van der Waals surface area contributed by atoms with Gasteiger partial charge in [0.05, 0.1) is 16.6 Å². The highest BCUT2D eigenvalue weighted by Crippen LogP contribution is 2.21. The first kappa shape index (κ1) is 22.4. The first-order valence-corrected chi connectivity index (χ1v) is 10.3. The number of sulfonamides is 1. The summed E-state index contributed by atoms with van der Waals surface area (Å²) in [5, 5.41) is 12.5. The number of carbonyl (C=O) groups is 1. The van der Waals surface area contributed by atoms with Crippen molar-refractivity contribution in [2.45, 2.75) is 51.5 Å². The van der Waals surface area contributed by atoms with Gasteiger partial charge in [0, 0.05) is 25.4 Å². The largest absolute Gasteiger partial charge is 0.478 e. The summed E-state index contributed by atoms with van der Waals surface area (Å²) in [7, 11) is -3.76. The van der Waals surface area contributed by atoms with Gasteiger partial charge in [0.25, 0.3) is 0 Å². The normalized spacial score (nSPS) is 11.9. The van der Waals surface area contributed by atoms with Crippen LogP contribution in [0.5, 0.6) is 0 Å². The summed E-state index contributed by atoms with van der Waals surface area (Å²) in [6.45, 7) is 9.28. The predicted octanol–water partition coefficient (Wildman–Crippen LogP) is 2.94. The standard InChI is InChI=1S/C18H30N2O5S/c1-13(2)8-10-19-17-7-6-15(12-16(17)18(21)22)26(23,24)20-9-5-11-25-14(3)4/h6-7,12-14,19-20H,5,8-11H2,1-4H3,(H,21,22). The molecule has 7 nitrogen and oxygen atoms in total. The third-order valence-electron chi connectivity index (χ3n) is 3.63. The van der Waals surface area contributed by atoms with Gasteiger partial charge in [-0.3, -0.25) is 0 Å². The van der Waals surface area contributed by atoms with Gasteiger partial charge < -0.3 is 15.2 Å². The van der Waals surface area contributed by atoms with Crippen LogP contribution in [0.3, 0.4) is 0 Å². The van der Waals surface area contributed by atoms with E-state index in [-0.39, 0.29) is 23.1 Å². The van der Waals surface area contributed by atoms with Crippen LogP contribution in [0, 0.1) is 5.92 Å². The van der Waals surface area contributed by atoms with Crippen LogP contribution in [0.1, 0.15) is 50.9 Å². The summed E-state index contributed by atoms with van der Waals surface area (Å²) in [5.41, 5.74) is 0.363. The van der Waals surface area contributed by atoms with Crippen molar-refractivity contribution in [3.8, 4) is 0 Å². The van der Waals surface area contributed by atoms with Gasteiger partial charge in [0.1, 0.15) is 0 Å². The second kappa shape index (κ2) is 10.5. The van der Waals surface area contributed by atoms with E-state index in [4.69, 9.17) is 4.74 Å². The SMILES string of the molecule is CC(C)CCNc1ccc(S(=O)(=O)NCCCOC(C)C)cc1C(=O)O. The Balaban J connectivity index is 2.79. The first-order chi connectivity index (χ1) is 12.1. The topological polar surface area (TPSA) is 105 Å². The minimum absolute atomic E-state index is 0.0558. The van der Waals surface area contributed by atoms with Gasteiger partial charge >= 0.3 is 5.97 Å². The fourth-order valence-electron chi connectivity index (χ4n) is 2.20. The van der Waals surface area contributed by atoms with E-state index < -0.39 is 16.0 Å². The van der Waals surface area contributed by atoms with Crippen LogP contribution in [0.15, 0.2) is 23.1 Å². The quantitative estimate of drug-likeness (QED) is 0.477. The maximum atomic E-state index is 12.4. The lowest BCUT2D eigenvalue weighted by atomic mass is 10.1. The predicted molar refractivity (Wildman–Crippen MR) is 102 cm³/mol. The molecule has 0 fully saturated rings. The van der Waals surface area contributed by atoms with Gasteiger partial charge in [-0.1, -0.05) is 13.8 Å². The van der Waals surface area contributed by atoms with Crippen molar-refractivity contribution < 1.29 is 23.1 Å². The Hall–Kier alpha value is -1.64. The molecule has 0 aliphatic carbocycles. The summed E-state index contributed by atoms with van der Waals surface area (Å²) in [6.07, 6.45) is 1.53. The van der Waals surface area contributed by atoms with Crippen LogP contribution in [-0.2, 0) is 14.8 Å². The number of nitrogens with one attached hydrogen (secondary N) is 2. The molecule has 0 bridgehead atoms. The van der Waals surface area contributed by atoms with Crippen LogP contribution in [0.4, 0.5) is 5.69 Å². The molecule has 0 aliphatic rings. The number of carboxylic acid groups (broad SMARTS) is 1. The average Bonchev–Trinajstić information content (AvgIpc) is 2.53. The van der Waals surface area contributed by atoms with Crippen molar-refractivity contribution in [1.82, 2.24) is 4.72 Å². The molecule has 1 rings (SSSR count). The number of benzene rings is 1. The summed E-state index contributed by atoms with van der Waals surface area (Å²) < 4.78 is 32.5. The lowest BCUT2D eigenvalue weighted by Crippen LogP contribution is -2.26. The van der Waals surface area contributed by atoms with Crippen molar-refractivity contribution >= 4 is 21.7 Å². The zero-order valence-corrected chi connectivity index (χ0v) is 16.7. The Kier molecular flexibility index (Phi) is 9.04. The highest BCUT2D eigenvalue weighted by Gasteiger charge is 2.18. The second-order valence-electron chi connectivity index (χ2n) is 6.79. The molecule has 0 heterocycles. The molecule has 26 heavy (non-hydrogen) atoms. The fourth-order valence-corrected chi connectivity index (χ4v) is 3.30. The van der Waals surface area contributed by atoms with Crippen LogP contribution in [0.25, 0.3) is 0 Å². The maximum absolute atomic E-state index is 12.4. The molecule has 0 saturated heterocycles. The third kappa shape index (κ3) is 7.72. The van der Waals surface area contributed by atoms with Crippen molar-refractivity contribution in [2.24, 2.45) is 5.92 Å². The molecule has 0 unspecified atom stereocenters. The van der Waals surface area contributed by atoms with Crippen molar-refractivity contribution in [2.75, 3.05) is 25.0 Å². The monoisotopic (exact) mass is 386 g/mol. The van der Waals surface area contributed by atoms with Crippen molar-refractivity contribution in [3.05, 3.63) is 23.8 Å². The molecule has 0 radical (unpaired) electrons. The highest BCUT2D eigenvalue weighted by molar-refractivity contribution is 7.89. The van der Waals surface area contributed by atoms with E-state index in [1.54, 1.807) is 0 Å². The summed E-state index contributed by atoms with van der Waals surface area (Å²) in [5.74, 6) is -0.682. The highest BCUT2D eigenvalue weighted by atomic mass is 32.2. The summed E-state index contributed by atoms with van der Waals surface area (Å²) in [4.78, 5) is 11.4. The number of hydrogen-bond donors (Lipinski definition) is 3. The Labute approximate surface area is 156 Å². The summed E-state index contributed by atoms with van der Waals surface area (Å²) in [6, 6.07) is 4.10. The molecule has 0 aliphatic heterocycles. The molecule has 8 heteroatoms. The fraction of sp³-hybridized carbons (Fsp3) is 0.611. The number of rotatable bonds is 12. The molecule has 3 N–H and O–H groups in total. The second-order valence-corrected chi connectivity index (χ2v) is 8.56. The zero-order chi connectivity index (χ0) is 19.7. The molecule has 0 amide bonds. The molecule has 0 atom stereocenters. The van der Waals surface area contributed by atoms with Gasteiger partial charge in [0.15, 0.2) is 0 Å². The van der Waals surface area contributed by atoms with Crippen LogP contribution in [-0.4, -0.2) is 45.3 Å². The number of ether oxygens (including phenoxy) is 1. The number of anilines is 1. The van der Waals surface area contributed by atoms with E-state index in [9.17, 15) is 18.3 Å². The average molecular weight is 387 g/mol. The Morgan fingerprint density at radius 3 is 2.46 bits per heavy atom. The lowest BCUT2D eigenvalue weighted by molar-refractivity contribution is 0.0697. The Bertz CT molecular complexity index is 687. The molecule has 0 aromatic heterocycles. The van der Waals surface area contributed by atoms with Crippen LogP contribution in [0.2, 0.25) is 0 Å². The van der Waals surface area contributed by atoms with E-state index in [0.717, 1.165) is 6.42 Å². The lowest BCUT2D eigenvalue weighted by Gasteiger charge is -2.13. The van der Waals surface area contributed by atoms with Gasteiger partial charge in [-0.15, -0.1) is 0 Å². The molecule has 1 aromatic rings. The van der Waals surface area contributed by atoms with E-state index >= 15 is 0 Å². The van der Waals surface area contributed by atoms with Gasteiger partial charge in [-0.05, 0) is 50.8 Å². The molecule has 0 saturated carbocycles. The first-order valence-electron chi connectivity index (χ1n) is 8.86. The van der Waals surface area contributed by atoms with Gasteiger partial charge in [-0.25, -0.2) is 17.9 Å². The summed E-state index contributed by atoms with van der Waals surface area (Å²) >= 11 is 0. The number of aromatic carboxylic acids is 1. The third-order valence-corrected chi connectivity index (χ3v) is 5.09. The smallest absolute Gasteiger partial charge is 0.337 e. The molecular formula is C18H30N2O5S. The van der Waals surface area contributed by atoms with Gasteiger partial charge in [-0.2, -0.15) is 0 Å². The number of carboxylic acids is 1. The van der Waals surface area contributed by atoms with E-state index in [1.165, 1.54) is 18.2 Å². The van der Waals surface area contributed by atoms with Crippen LogP contribution < -0.4 is 10.0 Å². The number of hydrogen-bond acceptors (Lipinski definition) is 5. The molecule has 1 aromatic carbocycles.